The van der Waals surface area contributed by atoms with Gasteiger partial charge in [-0.15, -0.1) is 0 Å². The molecule has 2 heterocycles. The van der Waals surface area contributed by atoms with E-state index in [9.17, 15) is 27.2 Å². The van der Waals surface area contributed by atoms with Crippen molar-refractivity contribution in [2.45, 2.75) is 6.18 Å². The van der Waals surface area contributed by atoms with Crippen LogP contribution < -0.4 is 21.3 Å². The minimum absolute atomic E-state index is 0.00770. The van der Waals surface area contributed by atoms with Crippen LogP contribution in [0.4, 0.5) is 52.1 Å². The fraction of sp³-hybridized carbons (Fsp3) is 0.0345. The van der Waals surface area contributed by atoms with Crippen molar-refractivity contribution < 1.29 is 27.2 Å². The number of anilines is 6. The van der Waals surface area contributed by atoms with E-state index in [2.05, 4.69) is 37.8 Å². The van der Waals surface area contributed by atoms with Crippen molar-refractivity contribution in [1.29, 1.82) is 0 Å². The Kier molecular flexibility index (Phi) is 7.21. The number of carbonyl (C=O) groups excluding carboxylic acids is 2. The van der Waals surface area contributed by atoms with E-state index in [4.69, 9.17) is 0 Å². The molecule has 1 aliphatic heterocycles. The van der Waals surface area contributed by atoms with Crippen molar-refractivity contribution in [3.8, 4) is 0 Å². The van der Waals surface area contributed by atoms with Crippen molar-refractivity contribution in [3.05, 3.63) is 108 Å². The van der Waals surface area contributed by atoms with E-state index in [1.165, 1.54) is 24.3 Å². The molecule has 4 aromatic rings. The standard InChI is InChI=1S/C29H20F4N6O2/c1-2-25(40)36-23-9-5-6-10-24(23)37-26-21(30)15-34-28(39-26)35-17-11-12-22-18(14-17)19(27(41)38-22)13-16-7-3-4-8-20(16)29(31,32)33/h2-15H,1H2,(H,36,40)(H,38,41)(H2,34,35,37,39). The summed E-state index contributed by atoms with van der Waals surface area (Å²) < 4.78 is 55.1. The lowest BCUT2D eigenvalue weighted by Crippen LogP contribution is -2.10. The summed E-state index contributed by atoms with van der Waals surface area (Å²) in [6, 6.07) is 16.3. The van der Waals surface area contributed by atoms with Gasteiger partial charge in [-0.1, -0.05) is 36.9 Å². The maximum absolute atomic E-state index is 14.6. The van der Waals surface area contributed by atoms with Crippen LogP contribution in [0.1, 0.15) is 16.7 Å². The van der Waals surface area contributed by atoms with Crippen LogP contribution >= 0.6 is 0 Å². The molecule has 8 nitrogen and oxygen atoms in total. The predicted octanol–water partition coefficient (Wildman–Crippen LogP) is 6.74. The fourth-order valence-electron chi connectivity index (χ4n) is 4.10. The van der Waals surface area contributed by atoms with Crippen molar-refractivity contribution in [3.63, 3.8) is 0 Å². The molecule has 5 rings (SSSR count). The number of nitrogens with zero attached hydrogens (tertiary/aromatic N) is 2. The molecule has 0 spiro atoms. The number of para-hydroxylation sites is 2. The van der Waals surface area contributed by atoms with E-state index >= 15 is 0 Å². The van der Waals surface area contributed by atoms with Gasteiger partial charge in [0.05, 0.1) is 23.1 Å². The molecule has 3 aromatic carbocycles. The second-order valence-electron chi connectivity index (χ2n) is 8.74. The zero-order valence-electron chi connectivity index (χ0n) is 21.0. The van der Waals surface area contributed by atoms with E-state index < -0.39 is 29.4 Å². The number of aromatic nitrogens is 2. The third-order valence-electron chi connectivity index (χ3n) is 5.99. The van der Waals surface area contributed by atoms with Crippen LogP contribution in [0.2, 0.25) is 0 Å². The summed E-state index contributed by atoms with van der Waals surface area (Å²) >= 11 is 0. The number of fused-ring (bicyclic) bond motifs is 1. The largest absolute Gasteiger partial charge is 0.416 e. The van der Waals surface area contributed by atoms with Gasteiger partial charge in [0.25, 0.3) is 5.91 Å². The molecule has 0 unspecified atom stereocenters. The number of amides is 2. The monoisotopic (exact) mass is 560 g/mol. The van der Waals surface area contributed by atoms with Crippen LogP contribution in [0.5, 0.6) is 0 Å². The van der Waals surface area contributed by atoms with Gasteiger partial charge in [0, 0.05) is 22.5 Å². The van der Waals surface area contributed by atoms with Gasteiger partial charge in [-0.05, 0) is 54.1 Å². The Morgan fingerprint density at radius 3 is 2.46 bits per heavy atom. The van der Waals surface area contributed by atoms with Crippen LogP contribution in [0.3, 0.4) is 0 Å². The number of hydrogen-bond acceptors (Lipinski definition) is 6. The van der Waals surface area contributed by atoms with E-state index in [0.717, 1.165) is 18.3 Å². The molecule has 0 fully saturated rings. The van der Waals surface area contributed by atoms with E-state index in [1.807, 2.05) is 0 Å². The molecule has 1 aromatic heterocycles. The van der Waals surface area contributed by atoms with Crippen LogP contribution in [-0.2, 0) is 15.8 Å². The van der Waals surface area contributed by atoms with E-state index in [0.29, 0.717) is 28.3 Å². The molecule has 41 heavy (non-hydrogen) atoms. The maximum Gasteiger partial charge on any atom is 0.416 e. The highest BCUT2D eigenvalue weighted by Gasteiger charge is 2.33. The number of rotatable bonds is 7. The Labute approximate surface area is 230 Å². The van der Waals surface area contributed by atoms with Crippen LogP contribution in [0.15, 0.2) is 85.6 Å². The fourth-order valence-corrected chi connectivity index (χ4v) is 4.10. The van der Waals surface area contributed by atoms with Gasteiger partial charge in [-0.3, -0.25) is 9.59 Å². The molecule has 2 amide bonds. The average Bonchev–Trinajstić information content (AvgIpc) is 3.25. The van der Waals surface area contributed by atoms with Crippen LogP contribution in [-0.4, -0.2) is 21.8 Å². The Hall–Kier alpha value is -5.52. The topological polar surface area (TPSA) is 108 Å². The van der Waals surface area contributed by atoms with Gasteiger partial charge >= 0.3 is 6.18 Å². The molecule has 0 aliphatic carbocycles. The minimum Gasteiger partial charge on any atom is -0.336 e. The first-order valence-electron chi connectivity index (χ1n) is 12.0. The maximum atomic E-state index is 14.6. The second kappa shape index (κ2) is 10.9. The number of benzene rings is 3. The summed E-state index contributed by atoms with van der Waals surface area (Å²) in [7, 11) is 0. The normalized spacial score (nSPS) is 13.4. The second-order valence-corrected chi connectivity index (χ2v) is 8.74. The highest BCUT2D eigenvalue weighted by molar-refractivity contribution is 6.35. The first kappa shape index (κ1) is 27.1. The lowest BCUT2D eigenvalue weighted by Gasteiger charge is -2.13. The summed E-state index contributed by atoms with van der Waals surface area (Å²) in [5.74, 6) is -1.97. The first-order valence-corrected chi connectivity index (χ1v) is 12.0. The average molecular weight is 561 g/mol. The van der Waals surface area contributed by atoms with Gasteiger partial charge in [0.1, 0.15) is 0 Å². The SMILES string of the molecule is C=CC(=O)Nc1ccccc1Nc1nc(Nc2ccc3c(c2)C(=Cc2ccccc2C(F)(F)F)C(=O)N3)ncc1F. The zero-order valence-corrected chi connectivity index (χ0v) is 21.0. The number of halogens is 4. The molecule has 0 bridgehead atoms. The Morgan fingerprint density at radius 1 is 0.976 bits per heavy atom. The van der Waals surface area contributed by atoms with Gasteiger partial charge in [0.2, 0.25) is 11.9 Å². The molecular weight excluding hydrogens is 540 g/mol. The third kappa shape index (κ3) is 5.91. The quantitative estimate of drug-likeness (QED) is 0.147. The van der Waals surface area contributed by atoms with Crippen LogP contribution in [0, 0.1) is 5.82 Å². The molecule has 0 saturated carbocycles. The number of alkyl halides is 3. The molecule has 4 N–H and O–H groups in total. The lowest BCUT2D eigenvalue weighted by atomic mass is 10.00. The summed E-state index contributed by atoms with van der Waals surface area (Å²) in [5.41, 5.74) is 0.926. The number of hydrogen-bond donors (Lipinski definition) is 4. The van der Waals surface area contributed by atoms with Gasteiger partial charge in [-0.2, -0.15) is 18.2 Å². The smallest absolute Gasteiger partial charge is 0.336 e. The molecule has 0 radical (unpaired) electrons. The van der Waals surface area contributed by atoms with E-state index in [1.54, 1.807) is 42.5 Å². The molecule has 0 saturated heterocycles. The zero-order chi connectivity index (χ0) is 29.1. The lowest BCUT2D eigenvalue weighted by molar-refractivity contribution is -0.137. The highest BCUT2D eigenvalue weighted by Crippen LogP contribution is 2.38. The number of nitrogens with one attached hydrogen (secondary N) is 4. The highest BCUT2D eigenvalue weighted by atomic mass is 19.4. The first-order chi connectivity index (χ1) is 19.6. The summed E-state index contributed by atoms with van der Waals surface area (Å²) in [5, 5.41) is 11.0. The predicted molar refractivity (Wildman–Crippen MR) is 148 cm³/mol. The summed E-state index contributed by atoms with van der Waals surface area (Å²) in [6.45, 7) is 3.41. The Balaban J connectivity index is 1.43. The summed E-state index contributed by atoms with van der Waals surface area (Å²) in [4.78, 5) is 32.5. The minimum atomic E-state index is -4.60. The molecular formula is C29H20F4N6O2. The molecule has 206 valence electrons. The molecule has 12 heteroatoms. The van der Waals surface area contributed by atoms with E-state index in [-0.39, 0.29) is 22.9 Å². The van der Waals surface area contributed by atoms with Gasteiger partial charge < -0.3 is 21.3 Å². The van der Waals surface area contributed by atoms with Crippen molar-refractivity contribution in [2.75, 3.05) is 21.3 Å². The Morgan fingerprint density at radius 2 is 1.71 bits per heavy atom. The van der Waals surface area contributed by atoms with Gasteiger partial charge in [0.15, 0.2) is 11.6 Å². The molecule has 0 atom stereocenters. The van der Waals surface area contributed by atoms with Crippen molar-refractivity contribution in [2.24, 2.45) is 0 Å². The number of carbonyl (C=O) groups is 2. The molecule has 1 aliphatic rings. The van der Waals surface area contributed by atoms with Crippen molar-refractivity contribution >= 4 is 58.0 Å². The van der Waals surface area contributed by atoms with Crippen LogP contribution in [0.25, 0.3) is 11.6 Å². The Bertz CT molecular complexity index is 1720. The van der Waals surface area contributed by atoms with Crippen molar-refractivity contribution in [1.82, 2.24) is 9.97 Å². The third-order valence-corrected chi connectivity index (χ3v) is 5.99. The van der Waals surface area contributed by atoms with Gasteiger partial charge in [-0.25, -0.2) is 9.37 Å². The summed E-state index contributed by atoms with van der Waals surface area (Å²) in [6.07, 6.45) is -1.37.